The Morgan fingerprint density at radius 3 is 2.65 bits per heavy atom. The van der Waals surface area contributed by atoms with Crippen molar-refractivity contribution in [3.63, 3.8) is 0 Å². The zero-order valence-electron chi connectivity index (χ0n) is 14.0. The van der Waals surface area contributed by atoms with E-state index in [1.165, 1.54) is 25.1 Å². The number of nitriles is 1. The molecule has 1 amide bonds. The van der Waals surface area contributed by atoms with E-state index in [0.29, 0.717) is 0 Å². The molecule has 0 bridgehead atoms. The van der Waals surface area contributed by atoms with Gasteiger partial charge in [0.05, 0.1) is 11.4 Å². The molecule has 2 rings (SSSR count). The van der Waals surface area contributed by atoms with E-state index < -0.39 is 32.7 Å². The number of rotatable bonds is 4. The van der Waals surface area contributed by atoms with Gasteiger partial charge in [-0.3, -0.25) is 9.35 Å². The minimum absolute atomic E-state index is 0.0126. The maximum atomic E-state index is 11.9. The number of aliphatic hydroxyl groups excluding tert-OH is 1. The molecule has 1 heterocycles. The van der Waals surface area contributed by atoms with E-state index in [0.717, 1.165) is 11.0 Å². The van der Waals surface area contributed by atoms with Gasteiger partial charge in [-0.1, -0.05) is 0 Å². The lowest BCUT2D eigenvalue weighted by molar-refractivity contribution is -0.140. The van der Waals surface area contributed by atoms with Crippen molar-refractivity contribution in [2.24, 2.45) is 10.2 Å². The number of nitrogens with two attached hydrogens (primary N) is 1. The average Bonchev–Trinajstić information content (AvgIpc) is 2.55. The van der Waals surface area contributed by atoms with Crippen LogP contribution in [0, 0.1) is 11.3 Å². The fourth-order valence-corrected chi connectivity index (χ4v) is 3.14. The fourth-order valence-electron chi connectivity index (χ4n) is 2.50. The molecule has 2 atom stereocenters. The first-order chi connectivity index (χ1) is 12.1. The summed E-state index contributed by atoms with van der Waals surface area (Å²) >= 11 is 0. The van der Waals surface area contributed by atoms with Gasteiger partial charge in [-0.05, 0) is 37.6 Å². The van der Waals surface area contributed by atoms with Crippen LogP contribution in [-0.4, -0.2) is 47.2 Å². The van der Waals surface area contributed by atoms with Gasteiger partial charge in [0.1, 0.15) is 11.0 Å². The third-order valence-electron chi connectivity index (χ3n) is 4.00. The standard InChI is InChI=1S/C15H17N5O5S/c1-3-20-13(21)6-9(2)15(8-16,14(20)22)19-18-10-4-5-11(17)12(7-10)26(23,24)25/h4-7,14,22H,3,17H2,1-2H3,(H,23,24,25). The Labute approximate surface area is 150 Å². The van der Waals surface area contributed by atoms with Crippen LogP contribution < -0.4 is 5.73 Å². The summed E-state index contributed by atoms with van der Waals surface area (Å²) in [5, 5.41) is 27.7. The maximum Gasteiger partial charge on any atom is 0.296 e. The molecule has 4 N–H and O–H groups in total. The van der Waals surface area contributed by atoms with Crippen molar-refractivity contribution in [2.75, 3.05) is 12.3 Å². The Hall–Kier alpha value is -2.81. The van der Waals surface area contributed by atoms with Crippen molar-refractivity contribution < 1.29 is 22.9 Å². The van der Waals surface area contributed by atoms with Gasteiger partial charge in [-0.15, -0.1) is 0 Å². The lowest BCUT2D eigenvalue weighted by Gasteiger charge is -2.38. The third-order valence-corrected chi connectivity index (χ3v) is 4.91. The van der Waals surface area contributed by atoms with E-state index in [4.69, 9.17) is 10.3 Å². The van der Waals surface area contributed by atoms with Gasteiger partial charge in [0.15, 0.2) is 6.23 Å². The second-order valence-electron chi connectivity index (χ2n) is 5.60. The molecule has 0 saturated carbocycles. The van der Waals surface area contributed by atoms with Crippen molar-refractivity contribution in [2.45, 2.75) is 30.5 Å². The topological polar surface area (TPSA) is 169 Å². The molecule has 1 aromatic carbocycles. The number of azo groups is 1. The summed E-state index contributed by atoms with van der Waals surface area (Å²) in [6, 6.07) is 5.38. The third kappa shape index (κ3) is 3.30. The predicted octanol–water partition coefficient (Wildman–Crippen LogP) is 0.988. The van der Waals surface area contributed by atoms with Gasteiger partial charge in [0.25, 0.3) is 10.1 Å². The Kier molecular flexibility index (Phi) is 5.13. The van der Waals surface area contributed by atoms with Gasteiger partial charge in [0, 0.05) is 12.6 Å². The van der Waals surface area contributed by atoms with Crippen LogP contribution in [0.3, 0.4) is 0 Å². The number of anilines is 1. The number of nitrogen functional groups attached to an aromatic ring is 1. The Morgan fingerprint density at radius 2 is 2.12 bits per heavy atom. The van der Waals surface area contributed by atoms with E-state index >= 15 is 0 Å². The zero-order chi connectivity index (χ0) is 19.7. The smallest absolute Gasteiger partial charge is 0.296 e. The normalized spacial score (nSPS) is 23.8. The highest BCUT2D eigenvalue weighted by Gasteiger charge is 2.48. The molecule has 138 valence electrons. The van der Waals surface area contributed by atoms with Crippen LogP contribution in [0.1, 0.15) is 13.8 Å². The second-order valence-corrected chi connectivity index (χ2v) is 6.99. The largest absolute Gasteiger partial charge is 0.398 e. The number of benzene rings is 1. The Balaban J connectivity index is 2.53. The summed E-state index contributed by atoms with van der Waals surface area (Å²) in [4.78, 5) is 12.4. The molecule has 1 aromatic rings. The second kappa shape index (κ2) is 6.83. The first-order valence-electron chi connectivity index (χ1n) is 7.45. The Morgan fingerprint density at radius 1 is 1.46 bits per heavy atom. The first-order valence-corrected chi connectivity index (χ1v) is 8.89. The lowest BCUT2D eigenvalue weighted by atomic mass is 9.87. The highest BCUT2D eigenvalue weighted by atomic mass is 32.2. The first kappa shape index (κ1) is 19.5. The predicted molar refractivity (Wildman–Crippen MR) is 90.7 cm³/mol. The molecule has 26 heavy (non-hydrogen) atoms. The number of nitrogens with zero attached hydrogens (tertiary/aromatic N) is 4. The van der Waals surface area contributed by atoms with Crippen LogP contribution in [0.15, 0.2) is 45.0 Å². The van der Waals surface area contributed by atoms with Crippen LogP contribution in [0.4, 0.5) is 11.4 Å². The van der Waals surface area contributed by atoms with E-state index in [-0.39, 0.29) is 23.5 Å². The van der Waals surface area contributed by atoms with Crippen molar-refractivity contribution in [1.82, 2.24) is 4.90 Å². The van der Waals surface area contributed by atoms with Gasteiger partial charge in [-0.25, -0.2) is 0 Å². The van der Waals surface area contributed by atoms with Gasteiger partial charge in [-0.2, -0.15) is 23.9 Å². The fraction of sp³-hybridized carbons (Fsp3) is 0.333. The number of hydrogen-bond donors (Lipinski definition) is 3. The number of carbonyl (C=O) groups excluding carboxylic acids is 1. The van der Waals surface area contributed by atoms with Gasteiger partial charge in [0.2, 0.25) is 11.4 Å². The van der Waals surface area contributed by atoms with Crippen molar-refractivity contribution >= 4 is 27.4 Å². The van der Waals surface area contributed by atoms with Crippen molar-refractivity contribution in [3.05, 3.63) is 29.8 Å². The minimum atomic E-state index is -4.57. The minimum Gasteiger partial charge on any atom is -0.398 e. The maximum absolute atomic E-state index is 11.9. The summed E-state index contributed by atoms with van der Waals surface area (Å²) in [5.74, 6) is -0.459. The van der Waals surface area contributed by atoms with Crippen LogP contribution in [0.2, 0.25) is 0 Å². The SMILES string of the molecule is CCN1C(=O)C=C(C)C(C#N)(N=Nc2ccc(N)c(S(=O)(=O)O)c2)C1O. The number of likely N-dealkylation sites (N-methyl/N-ethyl adjacent to an activating group) is 1. The molecule has 0 radical (unpaired) electrons. The quantitative estimate of drug-likeness (QED) is 0.398. The molecular formula is C15H17N5O5S. The molecular weight excluding hydrogens is 362 g/mol. The van der Waals surface area contributed by atoms with Crippen molar-refractivity contribution in [3.8, 4) is 6.07 Å². The Bertz CT molecular complexity index is 950. The van der Waals surface area contributed by atoms with E-state index in [2.05, 4.69) is 10.2 Å². The van der Waals surface area contributed by atoms with Gasteiger partial charge >= 0.3 is 0 Å². The summed E-state index contributed by atoms with van der Waals surface area (Å²) in [6.45, 7) is 3.24. The lowest BCUT2D eigenvalue weighted by Crippen LogP contribution is -2.56. The van der Waals surface area contributed by atoms with Gasteiger partial charge < -0.3 is 15.7 Å². The molecule has 0 aliphatic carbocycles. The molecule has 0 aromatic heterocycles. The van der Waals surface area contributed by atoms with Crippen molar-refractivity contribution in [1.29, 1.82) is 5.26 Å². The number of carbonyl (C=O) groups is 1. The summed E-state index contributed by atoms with van der Waals surface area (Å²) < 4.78 is 31.8. The summed E-state index contributed by atoms with van der Waals surface area (Å²) in [6.07, 6.45) is -0.376. The summed E-state index contributed by atoms with van der Waals surface area (Å²) in [5.41, 5.74) is 3.66. The monoisotopic (exact) mass is 379 g/mol. The van der Waals surface area contributed by atoms with E-state index in [1.807, 2.05) is 6.07 Å². The molecule has 0 spiro atoms. The molecule has 2 unspecified atom stereocenters. The van der Waals surface area contributed by atoms with Crippen LogP contribution >= 0.6 is 0 Å². The molecule has 0 fully saturated rings. The zero-order valence-corrected chi connectivity index (χ0v) is 14.8. The average molecular weight is 379 g/mol. The van der Waals surface area contributed by atoms with Crippen LogP contribution in [0.25, 0.3) is 0 Å². The molecule has 10 nitrogen and oxygen atoms in total. The van der Waals surface area contributed by atoms with E-state index in [1.54, 1.807) is 6.92 Å². The van der Waals surface area contributed by atoms with Crippen LogP contribution in [0.5, 0.6) is 0 Å². The number of amides is 1. The van der Waals surface area contributed by atoms with E-state index in [9.17, 15) is 23.6 Å². The highest BCUT2D eigenvalue weighted by Crippen LogP contribution is 2.34. The molecule has 1 aliphatic rings. The number of hydrogen-bond acceptors (Lipinski definition) is 8. The molecule has 1 aliphatic heterocycles. The van der Waals surface area contributed by atoms with Crippen LogP contribution in [-0.2, 0) is 14.9 Å². The molecule has 11 heteroatoms. The molecule has 0 saturated heterocycles. The highest BCUT2D eigenvalue weighted by molar-refractivity contribution is 7.86. The number of aliphatic hydroxyl groups is 1. The summed E-state index contributed by atoms with van der Waals surface area (Å²) in [7, 11) is -4.57.